The summed E-state index contributed by atoms with van der Waals surface area (Å²) in [6.45, 7) is 10.9. The van der Waals surface area contributed by atoms with Gasteiger partial charge in [0.1, 0.15) is 11.9 Å². The van der Waals surface area contributed by atoms with Gasteiger partial charge in [0.15, 0.2) is 0 Å². The number of carbonyl (C=O) groups is 2. The van der Waals surface area contributed by atoms with Gasteiger partial charge in [-0.25, -0.2) is 4.39 Å². The lowest BCUT2D eigenvalue weighted by Gasteiger charge is -2.63. The number of halogens is 1. The van der Waals surface area contributed by atoms with Crippen LogP contribution in [-0.2, 0) is 19.1 Å². The maximum absolute atomic E-state index is 15.9. The van der Waals surface area contributed by atoms with E-state index in [-0.39, 0.29) is 40.1 Å². The predicted octanol–water partition coefficient (Wildman–Crippen LogP) is 6.77. The molecule has 0 unspecified atom stereocenters. The number of hydrogen-bond acceptors (Lipinski definition) is 4. The summed E-state index contributed by atoms with van der Waals surface area (Å²) in [5.41, 5.74) is 0.959. The molecule has 0 aromatic heterocycles. The van der Waals surface area contributed by atoms with Gasteiger partial charge in [0.2, 0.25) is 0 Å². The molecule has 4 rings (SSSR count). The minimum absolute atomic E-state index is 0.0412. The van der Waals surface area contributed by atoms with Crippen LogP contribution in [0.3, 0.4) is 0 Å². The largest absolute Gasteiger partial charge is 0.469 e. The molecule has 0 aromatic carbocycles. The molecule has 3 fully saturated rings. The van der Waals surface area contributed by atoms with Crippen molar-refractivity contribution in [3.05, 3.63) is 11.4 Å². The van der Waals surface area contributed by atoms with Crippen molar-refractivity contribution in [2.75, 3.05) is 7.11 Å². The van der Waals surface area contributed by atoms with E-state index in [0.29, 0.717) is 42.9 Å². The van der Waals surface area contributed by atoms with E-state index in [1.807, 2.05) is 0 Å². The number of rotatable bonds is 5. The summed E-state index contributed by atoms with van der Waals surface area (Å²) < 4.78 is 26.2. The fraction of sp³-hybridized carbons (Fsp3) is 0.857. The number of ether oxygens (including phenoxy) is 2. The van der Waals surface area contributed by atoms with E-state index in [2.05, 4.69) is 27.7 Å². The molecule has 0 aliphatic heterocycles. The van der Waals surface area contributed by atoms with E-state index >= 15 is 4.39 Å². The van der Waals surface area contributed by atoms with E-state index in [4.69, 9.17) is 9.47 Å². The van der Waals surface area contributed by atoms with Crippen molar-refractivity contribution < 1.29 is 23.5 Å². The van der Waals surface area contributed by atoms with E-state index in [0.717, 1.165) is 37.7 Å². The molecule has 4 aliphatic carbocycles. The van der Waals surface area contributed by atoms with E-state index in [9.17, 15) is 9.59 Å². The van der Waals surface area contributed by atoms with Gasteiger partial charge in [0, 0.05) is 26.2 Å². The summed E-state index contributed by atoms with van der Waals surface area (Å²) in [5.74, 6) is 1.70. The van der Waals surface area contributed by atoms with Gasteiger partial charge >= 0.3 is 11.9 Å². The molecule has 0 radical (unpaired) electrons. The van der Waals surface area contributed by atoms with E-state index in [1.165, 1.54) is 26.9 Å². The van der Waals surface area contributed by atoms with Crippen molar-refractivity contribution in [2.24, 2.45) is 39.9 Å². The zero-order chi connectivity index (χ0) is 24.2. The van der Waals surface area contributed by atoms with Crippen LogP contribution in [-0.4, -0.2) is 25.2 Å². The minimum Gasteiger partial charge on any atom is -0.469 e. The molecule has 0 aromatic rings. The molecule has 0 N–H and O–H groups in total. The number of hydrogen-bond donors (Lipinski definition) is 0. The van der Waals surface area contributed by atoms with Crippen molar-refractivity contribution in [1.29, 1.82) is 0 Å². The number of esters is 2. The fourth-order valence-electron chi connectivity index (χ4n) is 9.37. The Morgan fingerprint density at radius 1 is 1.06 bits per heavy atom. The Morgan fingerprint density at radius 2 is 1.79 bits per heavy atom. The normalized spacial score (nSPS) is 43.2. The van der Waals surface area contributed by atoms with Crippen molar-refractivity contribution in [3.63, 3.8) is 0 Å². The first-order valence-electron chi connectivity index (χ1n) is 13.1. The molecule has 4 nitrogen and oxygen atoms in total. The Labute approximate surface area is 199 Å². The number of carbonyl (C=O) groups excluding carboxylic acids is 2. The van der Waals surface area contributed by atoms with Gasteiger partial charge in [-0.15, -0.1) is 0 Å². The highest BCUT2D eigenvalue weighted by atomic mass is 19.1. The summed E-state index contributed by atoms with van der Waals surface area (Å²) in [6.07, 6.45) is 8.64. The Balaban J connectivity index is 1.59. The minimum atomic E-state index is -0.267. The van der Waals surface area contributed by atoms with Crippen LogP contribution in [0.25, 0.3) is 0 Å². The highest BCUT2D eigenvalue weighted by molar-refractivity contribution is 5.69. The maximum atomic E-state index is 15.9. The zero-order valence-corrected chi connectivity index (χ0v) is 21.5. The quantitative estimate of drug-likeness (QED) is 0.423. The van der Waals surface area contributed by atoms with Gasteiger partial charge in [-0.2, -0.15) is 0 Å². The molecule has 5 heteroatoms. The summed E-state index contributed by atoms with van der Waals surface area (Å²) >= 11 is 0. The zero-order valence-electron chi connectivity index (χ0n) is 21.5. The van der Waals surface area contributed by atoms with Crippen LogP contribution >= 0.6 is 0 Å². The number of allylic oxidation sites excluding steroid dienone is 1. The van der Waals surface area contributed by atoms with Crippen LogP contribution in [0, 0.1) is 39.9 Å². The number of methoxy groups -OCH3 is 1. The first-order valence-corrected chi connectivity index (χ1v) is 13.1. The third kappa shape index (κ3) is 3.95. The summed E-state index contributed by atoms with van der Waals surface area (Å²) in [6, 6.07) is 0. The van der Waals surface area contributed by atoms with Gasteiger partial charge in [-0.1, -0.05) is 27.7 Å². The molecule has 0 saturated heterocycles. The molecule has 33 heavy (non-hydrogen) atoms. The van der Waals surface area contributed by atoms with Crippen LogP contribution < -0.4 is 0 Å². The molecule has 3 saturated carbocycles. The Bertz CT molecular complexity index is 836. The smallest absolute Gasteiger partial charge is 0.305 e. The van der Waals surface area contributed by atoms with Crippen LogP contribution in [0.15, 0.2) is 11.4 Å². The Morgan fingerprint density at radius 3 is 2.45 bits per heavy atom. The van der Waals surface area contributed by atoms with Gasteiger partial charge in [-0.05, 0) is 90.4 Å². The first-order chi connectivity index (χ1) is 15.5. The lowest BCUT2D eigenvalue weighted by atomic mass is 9.41. The molecule has 0 spiro atoms. The van der Waals surface area contributed by atoms with Crippen molar-refractivity contribution in [1.82, 2.24) is 0 Å². The molecule has 4 aliphatic rings. The molecule has 0 bridgehead atoms. The van der Waals surface area contributed by atoms with Crippen LogP contribution in [0.4, 0.5) is 4.39 Å². The van der Waals surface area contributed by atoms with Crippen LogP contribution in [0.1, 0.15) is 98.8 Å². The summed E-state index contributed by atoms with van der Waals surface area (Å²) in [4.78, 5) is 23.2. The van der Waals surface area contributed by atoms with Crippen molar-refractivity contribution in [3.8, 4) is 0 Å². The third-order valence-corrected chi connectivity index (χ3v) is 10.8. The van der Waals surface area contributed by atoms with Gasteiger partial charge in [0.05, 0.1) is 7.11 Å². The van der Waals surface area contributed by atoms with Gasteiger partial charge in [-0.3, -0.25) is 9.59 Å². The maximum Gasteiger partial charge on any atom is 0.305 e. The van der Waals surface area contributed by atoms with Crippen LogP contribution in [0.2, 0.25) is 0 Å². The SMILES string of the molecule is COC(=O)CC[C@@H](C)[C@H]1CC[C@@H]2[C@]1(C)CC[C@H]1[C@@]2(C)CC(F)=C2C[C@H](OC(C)=O)CC[C@@]21C. The highest BCUT2D eigenvalue weighted by Gasteiger charge is 2.65. The Hall–Kier alpha value is -1.39. The number of fused-ring (bicyclic) bond motifs is 5. The van der Waals surface area contributed by atoms with Gasteiger partial charge < -0.3 is 9.47 Å². The van der Waals surface area contributed by atoms with E-state index in [1.54, 1.807) is 0 Å². The average molecular weight is 463 g/mol. The first kappa shape index (κ1) is 24.7. The standard InChI is InChI=1S/C28H43FO4/c1-17(7-10-25(31)32-6)20-8-9-23-26(20,3)14-12-24-27(4)13-11-19(33-18(2)30)15-21(27)22(29)16-28(23,24)5/h17,19-20,23-24H,7-16H2,1-6H3/t17-,19-,20-,23-,24-,26-,27+,28+/m1/s1. The van der Waals surface area contributed by atoms with E-state index < -0.39 is 0 Å². The van der Waals surface area contributed by atoms with Crippen LogP contribution in [0.5, 0.6) is 0 Å². The second kappa shape index (κ2) is 8.68. The molecular weight excluding hydrogens is 419 g/mol. The lowest BCUT2D eigenvalue weighted by molar-refractivity contribution is -0.151. The monoisotopic (exact) mass is 462 g/mol. The molecule has 0 heterocycles. The topological polar surface area (TPSA) is 52.6 Å². The average Bonchev–Trinajstić information content (AvgIpc) is 3.10. The molecule has 0 amide bonds. The van der Waals surface area contributed by atoms with Crippen molar-refractivity contribution >= 4 is 11.9 Å². The highest BCUT2D eigenvalue weighted by Crippen LogP contribution is 2.73. The molecule has 186 valence electrons. The third-order valence-electron chi connectivity index (χ3n) is 10.8. The molecule has 8 atom stereocenters. The molecular formula is C28H43FO4. The second-order valence-electron chi connectivity index (χ2n) is 12.4. The lowest BCUT2D eigenvalue weighted by Crippen LogP contribution is -2.57. The summed E-state index contributed by atoms with van der Waals surface area (Å²) in [5, 5.41) is 0. The van der Waals surface area contributed by atoms with Crippen molar-refractivity contribution in [2.45, 2.75) is 105 Å². The van der Waals surface area contributed by atoms with Gasteiger partial charge in [0.25, 0.3) is 0 Å². The summed E-state index contributed by atoms with van der Waals surface area (Å²) in [7, 11) is 1.46. The fourth-order valence-corrected chi connectivity index (χ4v) is 9.37. The predicted molar refractivity (Wildman–Crippen MR) is 126 cm³/mol. The second-order valence-corrected chi connectivity index (χ2v) is 12.4. The Kier molecular flexibility index (Phi) is 6.50.